The van der Waals surface area contributed by atoms with Crippen LogP contribution in [-0.2, 0) is 17.8 Å². The van der Waals surface area contributed by atoms with Gasteiger partial charge in [-0.2, -0.15) is 0 Å². The van der Waals surface area contributed by atoms with Crippen molar-refractivity contribution in [1.82, 2.24) is 14.9 Å². The van der Waals surface area contributed by atoms with Gasteiger partial charge >= 0.3 is 0 Å². The lowest BCUT2D eigenvalue weighted by molar-refractivity contribution is -0.116. The van der Waals surface area contributed by atoms with Gasteiger partial charge in [-0.05, 0) is 49.7 Å². The number of aryl methyl sites for hydroxylation is 2. The molecule has 2 N–H and O–H groups in total. The molecule has 0 aliphatic heterocycles. The van der Waals surface area contributed by atoms with Crippen LogP contribution in [0, 0.1) is 6.92 Å². The molecule has 2 amide bonds. The summed E-state index contributed by atoms with van der Waals surface area (Å²) in [6.45, 7) is 2.65. The van der Waals surface area contributed by atoms with E-state index in [4.69, 9.17) is 9.72 Å². The molecule has 4 aromatic rings. The number of ether oxygens (including phenoxy) is 1. The van der Waals surface area contributed by atoms with Gasteiger partial charge in [-0.1, -0.05) is 35.9 Å². The summed E-state index contributed by atoms with van der Waals surface area (Å²) in [5.74, 6) is 1.25. The van der Waals surface area contributed by atoms with Crippen LogP contribution < -0.4 is 15.4 Å². The van der Waals surface area contributed by atoms with E-state index in [-0.39, 0.29) is 18.4 Å². The predicted octanol–water partition coefficient (Wildman–Crippen LogP) is 4.35. The number of nitrogens with one attached hydrogen (secondary N) is 2. The smallest absolute Gasteiger partial charge is 0.251 e. The van der Waals surface area contributed by atoms with Gasteiger partial charge in [-0.25, -0.2) is 4.98 Å². The van der Waals surface area contributed by atoms with Crippen molar-refractivity contribution in [3.05, 3.63) is 89.7 Å². The van der Waals surface area contributed by atoms with Crippen LogP contribution in [0.15, 0.2) is 72.8 Å². The summed E-state index contributed by atoms with van der Waals surface area (Å²) in [6, 6.07) is 22.5. The third-order valence-electron chi connectivity index (χ3n) is 5.57. The number of carbonyl (C=O) groups excluding carboxylic acids is 2. The molecular weight excluding hydrogens is 428 g/mol. The summed E-state index contributed by atoms with van der Waals surface area (Å²) < 4.78 is 7.16. The SMILES string of the molecule is COc1cccc(NC(=O)Cn2c(CCCNC(=O)c3ccc(C)cc3)nc3ccccc32)c1. The Morgan fingerprint density at radius 2 is 1.79 bits per heavy atom. The minimum Gasteiger partial charge on any atom is -0.497 e. The number of carbonyl (C=O) groups is 2. The first kappa shape index (κ1) is 23.0. The van der Waals surface area contributed by atoms with Crippen LogP contribution in [0.3, 0.4) is 0 Å². The van der Waals surface area contributed by atoms with Crippen molar-refractivity contribution >= 4 is 28.5 Å². The van der Waals surface area contributed by atoms with Gasteiger partial charge in [0.2, 0.25) is 5.91 Å². The van der Waals surface area contributed by atoms with E-state index in [1.165, 1.54) is 0 Å². The third-order valence-corrected chi connectivity index (χ3v) is 5.57. The first-order valence-corrected chi connectivity index (χ1v) is 11.3. The number of imidazole rings is 1. The topological polar surface area (TPSA) is 85.2 Å². The molecule has 0 aliphatic carbocycles. The van der Waals surface area contributed by atoms with Crippen molar-refractivity contribution in [1.29, 1.82) is 0 Å². The average Bonchev–Trinajstić information content (AvgIpc) is 3.19. The summed E-state index contributed by atoms with van der Waals surface area (Å²) in [5.41, 5.74) is 4.18. The maximum Gasteiger partial charge on any atom is 0.251 e. The highest BCUT2D eigenvalue weighted by atomic mass is 16.5. The fourth-order valence-electron chi connectivity index (χ4n) is 3.79. The van der Waals surface area contributed by atoms with Gasteiger partial charge in [-0.3, -0.25) is 9.59 Å². The molecule has 0 bridgehead atoms. The molecule has 0 saturated carbocycles. The lowest BCUT2D eigenvalue weighted by Crippen LogP contribution is -2.25. The van der Waals surface area contributed by atoms with E-state index in [2.05, 4.69) is 10.6 Å². The van der Waals surface area contributed by atoms with E-state index >= 15 is 0 Å². The molecule has 174 valence electrons. The fraction of sp³-hybridized carbons (Fsp3) is 0.222. The fourth-order valence-corrected chi connectivity index (χ4v) is 3.79. The molecule has 0 fully saturated rings. The highest BCUT2D eigenvalue weighted by Crippen LogP contribution is 2.19. The Hall–Kier alpha value is -4.13. The molecule has 0 aliphatic rings. The Balaban J connectivity index is 1.41. The molecule has 0 atom stereocenters. The summed E-state index contributed by atoms with van der Waals surface area (Å²) in [6.07, 6.45) is 1.34. The monoisotopic (exact) mass is 456 g/mol. The standard InChI is InChI=1S/C27H28N4O3/c1-19-12-14-20(15-13-19)27(33)28-16-6-11-25-30-23-9-3-4-10-24(23)31(25)18-26(32)29-21-7-5-8-22(17-21)34-2/h3-5,7-10,12-15,17H,6,11,16,18H2,1-2H3,(H,28,33)(H,29,32). The lowest BCUT2D eigenvalue weighted by atomic mass is 10.1. The summed E-state index contributed by atoms with van der Waals surface area (Å²) in [7, 11) is 1.59. The highest BCUT2D eigenvalue weighted by Gasteiger charge is 2.14. The maximum atomic E-state index is 12.8. The van der Waals surface area contributed by atoms with Crippen molar-refractivity contribution in [2.75, 3.05) is 19.0 Å². The molecule has 0 spiro atoms. The van der Waals surface area contributed by atoms with Gasteiger partial charge in [0.1, 0.15) is 18.1 Å². The second-order valence-electron chi connectivity index (χ2n) is 8.11. The third kappa shape index (κ3) is 5.61. The van der Waals surface area contributed by atoms with Crippen molar-refractivity contribution in [2.24, 2.45) is 0 Å². The summed E-state index contributed by atoms with van der Waals surface area (Å²) in [5, 5.41) is 5.89. The number of aromatic nitrogens is 2. The number of benzene rings is 3. The lowest BCUT2D eigenvalue weighted by Gasteiger charge is -2.11. The molecule has 7 heteroatoms. The summed E-state index contributed by atoms with van der Waals surface area (Å²) >= 11 is 0. The van der Waals surface area contributed by atoms with Crippen LogP contribution in [0.4, 0.5) is 5.69 Å². The predicted molar refractivity (Wildman–Crippen MR) is 133 cm³/mol. The van der Waals surface area contributed by atoms with Crippen LogP contribution in [0.25, 0.3) is 11.0 Å². The number of nitrogens with zero attached hydrogens (tertiary/aromatic N) is 2. The Morgan fingerprint density at radius 1 is 1.00 bits per heavy atom. The Labute approximate surface area is 198 Å². The second-order valence-corrected chi connectivity index (χ2v) is 8.11. The number of hydrogen-bond donors (Lipinski definition) is 2. The number of rotatable bonds is 9. The zero-order chi connectivity index (χ0) is 23.9. The van der Waals surface area contributed by atoms with E-state index in [0.717, 1.165) is 22.4 Å². The molecule has 4 rings (SSSR count). The number of fused-ring (bicyclic) bond motifs is 1. The molecule has 0 radical (unpaired) electrons. The van der Waals surface area contributed by atoms with E-state index in [0.29, 0.717) is 36.4 Å². The first-order chi connectivity index (χ1) is 16.5. The largest absolute Gasteiger partial charge is 0.497 e. The van der Waals surface area contributed by atoms with Gasteiger partial charge in [0.05, 0.1) is 18.1 Å². The molecule has 1 heterocycles. The Morgan fingerprint density at radius 3 is 2.59 bits per heavy atom. The van der Waals surface area contributed by atoms with E-state index < -0.39 is 0 Å². The maximum absolute atomic E-state index is 12.8. The zero-order valence-corrected chi connectivity index (χ0v) is 19.4. The number of para-hydroxylation sites is 2. The van der Waals surface area contributed by atoms with E-state index in [1.807, 2.05) is 78.2 Å². The van der Waals surface area contributed by atoms with Gasteiger partial charge in [0.15, 0.2) is 0 Å². The minimum absolute atomic E-state index is 0.0915. The molecule has 3 aromatic carbocycles. The normalized spacial score (nSPS) is 10.8. The zero-order valence-electron chi connectivity index (χ0n) is 19.4. The molecular formula is C27H28N4O3. The van der Waals surface area contributed by atoms with Crippen LogP contribution in [-0.4, -0.2) is 35.0 Å². The van der Waals surface area contributed by atoms with Crippen LogP contribution in [0.1, 0.15) is 28.2 Å². The van der Waals surface area contributed by atoms with Crippen LogP contribution in [0.2, 0.25) is 0 Å². The molecule has 0 saturated heterocycles. The van der Waals surface area contributed by atoms with Gasteiger partial charge in [0, 0.05) is 30.3 Å². The minimum atomic E-state index is -0.148. The molecule has 1 aromatic heterocycles. The van der Waals surface area contributed by atoms with E-state index in [9.17, 15) is 9.59 Å². The van der Waals surface area contributed by atoms with Crippen molar-refractivity contribution in [2.45, 2.75) is 26.3 Å². The Kier molecular flexibility index (Phi) is 7.22. The van der Waals surface area contributed by atoms with Crippen LogP contribution >= 0.6 is 0 Å². The molecule has 34 heavy (non-hydrogen) atoms. The van der Waals surface area contributed by atoms with Crippen molar-refractivity contribution in [3.63, 3.8) is 0 Å². The number of methoxy groups -OCH3 is 1. The van der Waals surface area contributed by atoms with Crippen LogP contribution in [0.5, 0.6) is 5.75 Å². The van der Waals surface area contributed by atoms with E-state index in [1.54, 1.807) is 13.2 Å². The van der Waals surface area contributed by atoms with Crippen molar-refractivity contribution in [3.8, 4) is 5.75 Å². The second kappa shape index (κ2) is 10.7. The molecule has 0 unspecified atom stereocenters. The van der Waals surface area contributed by atoms with Gasteiger partial charge < -0.3 is 19.9 Å². The van der Waals surface area contributed by atoms with Crippen molar-refractivity contribution < 1.29 is 14.3 Å². The Bertz CT molecular complexity index is 1290. The highest BCUT2D eigenvalue weighted by molar-refractivity contribution is 5.94. The summed E-state index contributed by atoms with van der Waals surface area (Å²) in [4.78, 5) is 29.9. The molecule has 7 nitrogen and oxygen atoms in total. The number of anilines is 1. The number of hydrogen-bond acceptors (Lipinski definition) is 4. The first-order valence-electron chi connectivity index (χ1n) is 11.3. The average molecular weight is 457 g/mol. The number of amides is 2. The quantitative estimate of drug-likeness (QED) is 0.367. The van der Waals surface area contributed by atoms with Gasteiger partial charge in [-0.15, -0.1) is 0 Å². The van der Waals surface area contributed by atoms with Gasteiger partial charge in [0.25, 0.3) is 5.91 Å².